The van der Waals surface area contributed by atoms with Crippen LogP contribution in [-0.2, 0) is 0 Å². The quantitative estimate of drug-likeness (QED) is 0.629. The second-order valence-corrected chi connectivity index (χ2v) is 6.80. The van der Waals surface area contributed by atoms with Crippen LogP contribution in [0.15, 0.2) is 66.7 Å². The van der Waals surface area contributed by atoms with E-state index in [0.29, 0.717) is 6.04 Å². The van der Waals surface area contributed by atoms with Gasteiger partial charge in [0.2, 0.25) is 0 Å². The van der Waals surface area contributed by atoms with Gasteiger partial charge in [-0.2, -0.15) is 0 Å². The number of hydrogen-bond donors (Lipinski definition) is 2. The zero-order valence-corrected chi connectivity index (χ0v) is 14.9. The average molecular weight is 344 g/mol. The smallest absolute Gasteiger partial charge is 0.163 e. The van der Waals surface area contributed by atoms with Crippen LogP contribution in [0.2, 0.25) is 0 Å². The van der Waals surface area contributed by atoms with E-state index in [-0.39, 0.29) is 0 Å². The molecule has 0 saturated heterocycles. The van der Waals surface area contributed by atoms with Crippen LogP contribution in [0.3, 0.4) is 0 Å². The summed E-state index contributed by atoms with van der Waals surface area (Å²) in [6.45, 7) is 0. The molecular formula is C22H24N4. The highest BCUT2D eigenvalue weighted by Gasteiger charge is 2.15. The van der Waals surface area contributed by atoms with Crippen molar-refractivity contribution in [1.29, 1.82) is 0 Å². The first kappa shape index (κ1) is 16.6. The van der Waals surface area contributed by atoms with Crippen LogP contribution in [0.4, 0.5) is 17.3 Å². The molecule has 0 atom stereocenters. The van der Waals surface area contributed by atoms with Crippen molar-refractivity contribution in [2.75, 3.05) is 10.6 Å². The summed E-state index contributed by atoms with van der Waals surface area (Å²) in [6, 6.07) is 22.8. The summed E-state index contributed by atoms with van der Waals surface area (Å²) in [5.74, 6) is 2.44. The van der Waals surface area contributed by atoms with E-state index in [0.717, 1.165) is 28.7 Å². The first-order valence-corrected chi connectivity index (χ1v) is 9.40. The van der Waals surface area contributed by atoms with Gasteiger partial charge < -0.3 is 10.6 Å². The summed E-state index contributed by atoms with van der Waals surface area (Å²) < 4.78 is 0. The topological polar surface area (TPSA) is 49.8 Å². The molecule has 4 rings (SSSR count). The fourth-order valence-corrected chi connectivity index (χ4v) is 3.43. The monoisotopic (exact) mass is 344 g/mol. The molecule has 0 unspecified atom stereocenters. The van der Waals surface area contributed by atoms with Crippen LogP contribution in [0.5, 0.6) is 0 Å². The number of anilines is 3. The molecule has 132 valence electrons. The first-order chi connectivity index (χ1) is 12.9. The highest BCUT2D eigenvalue weighted by Crippen LogP contribution is 2.25. The van der Waals surface area contributed by atoms with Crippen LogP contribution >= 0.6 is 0 Å². The summed E-state index contributed by atoms with van der Waals surface area (Å²) >= 11 is 0. The zero-order chi connectivity index (χ0) is 17.6. The third-order valence-corrected chi connectivity index (χ3v) is 4.76. The van der Waals surface area contributed by atoms with Gasteiger partial charge in [-0.05, 0) is 25.0 Å². The van der Waals surface area contributed by atoms with Crippen molar-refractivity contribution < 1.29 is 0 Å². The Morgan fingerprint density at radius 1 is 0.731 bits per heavy atom. The summed E-state index contributed by atoms with van der Waals surface area (Å²) in [7, 11) is 0. The Kier molecular flexibility index (Phi) is 5.10. The van der Waals surface area contributed by atoms with Gasteiger partial charge in [0.05, 0.1) is 0 Å². The fourth-order valence-electron chi connectivity index (χ4n) is 3.43. The van der Waals surface area contributed by atoms with Crippen LogP contribution < -0.4 is 10.6 Å². The zero-order valence-electron chi connectivity index (χ0n) is 14.9. The molecule has 1 aromatic heterocycles. The minimum Gasteiger partial charge on any atom is -0.367 e. The van der Waals surface area contributed by atoms with Crippen LogP contribution in [0.25, 0.3) is 11.4 Å². The normalized spacial score (nSPS) is 14.8. The Labute approximate surface area is 154 Å². The molecule has 4 nitrogen and oxygen atoms in total. The molecule has 1 aliphatic rings. The average Bonchev–Trinajstić information content (AvgIpc) is 2.70. The van der Waals surface area contributed by atoms with E-state index in [2.05, 4.69) is 10.6 Å². The molecule has 1 fully saturated rings. The Hall–Kier alpha value is -2.88. The molecule has 2 aromatic carbocycles. The van der Waals surface area contributed by atoms with Gasteiger partial charge >= 0.3 is 0 Å². The van der Waals surface area contributed by atoms with Gasteiger partial charge in [-0.3, -0.25) is 0 Å². The summed E-state index contributed by atoms with van der Waals surface area (Å²) in [5, 5.41) is 7.03. The molecule has 4 heteroatoms. The van der Waals surface area contributed by atoms with Gasteiger partial charge in [0.1, 0.15) is 11.6 Å². The van der Waals surface area contributed by atoms with E-state index in [9.17, 15) is 0 Å². The van der Waals surface area contributed by atoms with Crippen molar-refractivity contribution in [1.82, 2.24) is 9.97 Å². The van der Waals surface area contributed by atoms with Gasteiger partial charge in [0.25, 0.3) is 0 Å². The molecule has 2 N–H and O–H groups in total. The highest BCUT2D eigenvalue weighted by molar-refractivity contribution is 5.65. The lowest BCUT2D eigenvalue weighted by molar-refractivity contribution is 0.462. The van der Waals surface area contributed by atoms with Crippen molar-refractivity contribution in [2.45, 2.75) is 38.1 Å². The number of aromatic nitrogens is 2. The lowest BCUT2D eigenvalue weighted by Gasteiger charge is -2.23. The highest BCUT2D eigenvalue weighted by atomic mass is 15.1. The Morgan fingerprint density at radius 3 is 2.12 bits per heavy atom. The Bertz CT molecular complexity index is 827. The molecule has 1 saturated carbocycles. The predicted molar refractivity (Wildman–Crippen MR) is 108 cm³/mol. The number of para-hydroxylation sites is 1. The predicted octanol–water partition coefficient (Wildman–Crippen LogP) is 5.63. The molecule has 1 heterocycles. The third kappa shape index (κ3) is 4.20. The van der Waals surface area contributed by atoms with E-state index >= 15 is 0 Å². The minimum absolute atomic E-state index is 0.506. The van der Waals surface area contributed by atoms with E-state index in [1.165, 1.54) is 32.1 Å². The molecule has 0 aliphatic heterocycles. The lowest BCUT2D eigenvalue weighted by Crippen LogP contribution is -2.23. The minimum atomic E-state index is 0.506. The van der Waals surface area contributed by atoms with Gasteiger partial charge in [-0.15, -0.1) is 0 Å². The number of nitrogens with one attached hydrogen (secondary N) is 2. The second kappa shape index (κ2) is 8.00. The summed E-state index contributed by atoms with van der Waals surface area (Å²) in [5.41, 5.74) is 2.05. The maximum absolute atomic E-state index is 4.78. The molecule has 0 bridgehead atoms. The Morgan fingerprint density at radius 2 is 1.38 bits per heavy atom. The second-order valence-electron chi connectivity index (χ2n) is 6.80. The van der Waals surface area contributed by atoms with Gasteiger partial charge in [-0.25, -0.2) is 9.97 Å². The Balaban J connectivity index is 1.64. The number of rotatable bonds is 5. The summed E-state index contributed by atoms with van der Waals surface area (Å²) in [4.78, 5) is 9.51. The van der Waals surface area contributed by atoms with Crippen LogP contribution in [-0.4, -0.2) is 16.0 Å². The third-order valence-electron chi connectivity index (χ3n) is 4.76. The molecule has 26 heavy (non-hydrogen) atoms. The fraction of sp³-hybridized carbons (Fsp3) is 0.273. The lowest BCUT2D eigenvalue weighted by atomic mass is 9.95. The van der Waals surface area contributed by atoms with Crippen molar-refractivity contribution in [3.8, 4) is 11.4 Å². The first-order valence-electron chi connectivity index (χ1n) is 9.40. The van der Waals surface area contributed by atoms with Gasteiger partial charge in [0.15, 0.2) is 5.82 Å². The maximum Gasteiger partial charge on any atom is 0.163 e. The standard InChI is InChI=1S/C22H24N4/c1-4-10-17(11-5-1)22-25-20(23-18-12-6-2-7-13-18)16-21(26-22)24-19-14-8-3-9-15-19/h1-2,4-7,10-13,16,19H,3,8-9,14-15H2,(H2,23,24,25,26). The van der Waals surface area contributed by atoms with E-state index in [4.69, 9.17) is 9.97 Å². The molecular weight excluding hydrogens is 320 g/mol. The van der Waals surface area contributed by atoms with Crippen molar-refractivity contribution >= 4 is 17.3 Å². The van der Waals surface area contributed by atoms with E-state index < -0.39 is 0 Å². The van der Waals surface area contributed by atoms with Gasteiger partial charge in [0, 0.05) is 23.4 Å². The van der Waals surface area contributed by atoms with Crippen LogP contribution in [0, 0.1) is 0 Å². The molecule has 0 amide bonds. The van der Waals surface area contributed by atoms with Gasteiger partial charge in [-0.1, -0.05) is 67.8 Å². The van der Waals surface area contributed by atoms with Crippen molar-refractivity contribution in [2.24, 2.45) is 0 Å². The van der Waals surface area contributed by atoms with Crippen LogP contribution in [0.1, 0.15) is 32.1 Å². The van der Waals surface area contributed by atoms with E-state index in [1.54, 1.807) is 0 Å². The summed E-state index contributed by atoms with van der Waals surface area (Å²) in [6.07, 6.45) is 6.36. The molecule has 0 radical (unpaired) electrons. The number of hydrogen-bond acceptors (Lipinski definition) is 4. The molecule has 3 aromatic rings. The van der Waals surface area contributed by atoms with Crippen molar-refractivity contribution in [3.05, 3.63) is 66.7 Å². The number of benzene rings is 2. The van der Waals surface area contributed by atoms with Crippen molar-refractivity contribution in [3.63, 3.8) is 0 Å². The van der Waals surface area contributed by atoms with E-state index in [1.807, 2.05) is 66.7 Å². The SMILES string of the molecule is c1ccc(Nc2cc(NC3CCCCC3)nc(-c3ccccc3)n2)cc1. The number of nitrogens with zero attached hydrogens (tertiary/aromatic N) is 2. The largest absolute Gasteiger partial charge is 0.367 e. The molecule has 0 spiro atoms. The molecule has 1 aliphatic carbocycles. The maximum atomic E-state index is 4.78.